The number of nitrogens with zero attached hydrogens (tertiary/aromatic N) is 5. The van der Waals surface area contributed by atoms with Gasteiger partial charge in [-0.05, 0) is 32.2 Å². The molecule has 13 heteroatoms. The molecule has 0 saturated heterocycles. The molecule has 0 atom stereocenters. The van der Waals surface area contributed by atoms with Crippen molar-refractivity contribution in [3.8, 4) is 0 Å². The van der Waals surface area contributed by atoms with Crippen LogP contribution in [-0.2, 0) is 20.9 Å². The van der Waals surface area contributed by atoms with Crippen molar-refractivity contribution in [3.63, 3.8) is 0 Å². The van der Waals surface area contributed by atoms with E-state index in [9.17, 15) is 14.4 Å². The molecule has 0 aliphatic heterocycles. The number of hydrogen-bond donors (Lipinski definition) is 2. The van der Waals surface area contributed by atoms with Gasteiger partial charge in [-0.25, -0.2) is 4.68 Å². The first-order chi connectivity index (χ1) is 15.4. The highest BCUT2D eigenvalue weighted by molar-refractivity contribution is 8.00. The van der Waals surface area contributed by atoms with Gasteiger partial charge in [0.05, 0.1) is 24.6 Å². The summed E-state index contributed by atoms with van der Waals surface area (Å²) >= 11 is 3.91. The Kier molecular flexibility index (Phi) is 10.8. The summed E-state index contributed by atoms with van der Waals surface area (Å²) in [4.78, 5) is 41.1. The van der Waals surface area contributed by atoms with Gasteiger partial charge in [0.2, 0.25) is 28.0 Å². The lowest BCUT2D eigenvalue weighted by atomic mass is 10.4. The number of thiophene rings is 1. The Hall–Kier alpha value is -2.25. The van der Waals surface area contributed by atoms with Crippen LogP contribution in [0.3, 0.4) is 0 Å². The van der Waals surface area contributed by atoms with E-state index in [0.717, 1.165) is 16.6 Å². The number of hydrogen-bond acceptors (Lipinski definition) is 9. The molecule has 3 N–H and O–H groups in total. The number of rotatable bonds is 13. The molecule has 0 unspecified atom stereocenters. The first-order valence-corrected chi connectivity index (χ1v) is 13.0. The molecule has 0 spiro atoms. The van der Waals surface area contributed by atoms with E-state index in [0.29, 0.717) is 36.5 Å². The highest BCUT2D eigenvalue weighted by Crippen LogP contribution is 2.21. The smallest absolute Gasteiger partial charge is 0.239 e. The normalized spacial score (nSPS) is 10.7. The molecule has 3 amide bonds. The van der Waals surface area contributed by atoms with Crippen molar-refractivity contribution < 1.29 is 14.4 Å². The Labute approximate surface area is 200 Å². The predicted octanol–water partition coefficient (Wildman–Crippen LogP) is 1.27. The molecule has 2 aromatic rings. The summed E-state index contributed by atoms with van der Waals surface area (Å²) < 4.78 is 1.28. The van der Waals surface area contributed by atoms with Crippen molar-refractivity contribution in [1.29, 1.82) is 0 Å². The zero-order valence-corrected chi connectivity index (χ0v) is 20.9. The van der Waals surface area contributed by atoms with E-state index in [-0.39, 0.29) is 35.8 Å². The van der Waals surface area contributed by atoms with Crippen molar-refractivity contribution in [2.45, 2.75) is 37.6 Å². The molecule has 0 aromatic carbocycles. The number of carbonyl (C=O) groups excluding carboxylic acids is 3. The molecule has 0 saturated carbocycles. The summed E-state index contributed by atoms with van der Waals surface area (Å²) in [5.41, 5.74) is 0. The summed E-state index contributed by atoms with van der Waals surface area (Å²) in [5, 5.41) is 13.6. The van der Waals surface area contributed by atoms with Crippen LogP contribution in [0.1, 0.15) is 25.6 Å². The average Bonchev–Trinajstić information content (AvgIpc) is 3.43. The van der Waals surface area contributed by atoms with Gasteiger partial charge in [0, 0.05) is 24.5 Å². The third-order valence-electron chi connectivity index (χ3n) is 4.51. The van der Waals surface area contributed by atoms with Crippen LogP contribution in [0.15, 0.2) is 27.8 Å². The Morgan fingerprint density at radius 3 is 2.09 bits per heavy atom. The lowest BCUT2D eigenvalue weighted by Gasteiger charge is -2.20. The fourth-order valence-electron chi connectivity index (χ4n) is 2.68. The molecule has 2 heterocycles. The van der Waals surface area contributed by atoms with Gasteiger partial charge in [-0.3, -0.25) is 14.4 Å². The molecular formula is C19H29N7O3S3. The summed E-state index contributed by atoms with van der Waals surface area (Å²) in [6.45, 7) is 7.82. The van der Waals surface area contributed by atoms with Crippen LogP contribution >= 0.6 is 34.9 Å². The minimum atomic E-state index is -0.211. The second-order valence-corrected chi connectivity index (χ2v) is 9.46. The van der Waals surface area contributed by atoms with Crippen molar-refractivity contribution in [2.24, 2.45) is 0 Å². The fraction of sp³-hybridized carbons (Fsp3) is 0.526. The molecule has 0 aliphatic carbocycles. The van der Waals surface area contributed by atoms with Gasteiger partial charge in [-0.1, -0.05) is 29.6 Å². The second-order valence-electron chi connectivity index (χ2n) is 6.54. The largest absolute Gasteiger partial charge is 0.350 e. The quantitative estimate of drug-likeness (QED) is 0.312. The Morgan fingerprint density at radius 1 is 1.03 bits per heavy atom. The molecule has 0 aliphatic rings. The lowest BCUT2D eigenvalue weighted by molar-refractivity contribution is -0.133. The molecule has 10 nitrogen and oxygen atoms in total. The molecular weight excluding hydrogens is 470 g/mol. The van der Waals surface area contributed by atoms with Gasteiger partial charge in [0.15, 0.2) is 0 Å². The van der Waals surface area contributed by atoms with Gasteiger partial charge in [0.25, 0.3) is 0 Å². The Bertz CT molecular complexity index is 885. The number of likely N-dealkylation sites (N-methyl/N-ethyl adjacent to an activating group) is 1. The molecule has 32 heavy (non-hydrogen) atoms. The molecule has 0 radical (unpaired) electrons. The summed E-state index contributed by atoms with van der Waals surface area (Å²) in [6.07, 6.45) is 0. The average molecular weight is 500 g/mol. The number of amides is 3. The highest BCUT2D eigenvalue weighted by atomic mass is 32.2. The maximum atomic E-state index is 12.6. The van der Waals surface area contributed by atoms with E-state index in [4.69, 9.17) is 5.84 Å². The van der Waals surface area contributed by atoms with Crippen molar-refractivity contribution in [2.75, 3.05) is 43.5 Å². The van der Waals surface area contributed by atoms with E-state index in [1.54, 1.807) is 16.2 Å². The number of thioether (sulfide) groups is 2. The highest BCUT2D eigenvalue weighted by Gasteiger charge is 2.19. The van der Waals surface area contributed by atoms with Gasteiger partial charge in [0.1, 0.15) is 0 Å². The van der Waals surface area contributed by atoms with Crippen LogP contribution < -0.4 is 11.2 Å². The predicted molar refractivity (Wildman–Crippen MR) is 128 cm³/mol. The minimum absolute atomic E-state index is 0.00308. The van der Waals surface area contributed by atoms with E-state index in [1.807, 2.05) is 38.3 Å². The monoisotopic (exact) mass is 499 g/mol. The molecule has 0 bridgehead atoms. The number of nitrogens with one attached hydrogen (secondary N) is 1. The SMILES string of the molecule is CCN(CC)C(=O)CSc1nnc(SCC(=O)N(CC)CC(=O)NCc2cccs2)n1N. The topological polar surface area (TPSA) is 126 Å². The molecule has 2 rings (SSSR count). The van der Waals surface area contributed by atoms with Crippen molar-refractivity contribution in [3.05, 3.63) is 22.4 Å². The van der Waals surface area contributed by atoms with E-state index in [2.05, 4.69) is 15.5 Å². The van der Waals surface area contributed by atoms with Crippen molar-refractivity contribution in [1.82, 2.24) is 30.0 Å². The fourth-order valence-corrected chi connectivity index (χ4v) is 4.90. The summed E-state index contributed by atoms with van der Waals surface area (Å²) in [5.74, 6) is 5.91. The third-order valence-corrected chi connectivity index (χ3v) is 7.24. The molecule has 2 aromatic heterocycles. The second kappa shape index (κ2) is 13.3. The van der Waals surface area contributed by atoms with Gasteiger partial charge >= 0.3 is 0 Å². The van der Waals surface area contributed by atoms with Crippen LogP contribution in [0.4, 0.5) is 0 Å². The first kappa shape index (κ1) is 26.0. The van der Waals surface area contributed by atoms with Gasteiger partial charge < -0.3 is 21.0 Å². The standard InChI is InChI=1S/C19H29N7O3S3/c1-4-24(5-2)16(28)12-31-18-22-23-19(26(18)20)32-13-17(29)25(6-3)11-15(27)21-10-14-8-7-9-30-14/h7-9H,4-6,10-13,20H2,1-3H3,(H,21,27). The Balaban J connectivity index is 1.81. The number of carbonyl (C=O) groups is 3. The first-order valence-electron chi connectivity index (χ1n) is 10.2. The van der Waals surface area contributed by atoms with E-state index < -0.39 is 0 Å². The van der Waals surface area contributed by atoms with E-state index >= 15 is 0 Å². The zero-order chi connectivity index (χ0) is 23.5. The van der Waals surface area contributed by atoms with Gasteiger partial charge in [-0.15, -0.1) is 21.5 Å². The van der Waals surface area contributed by atoms with Crippen LogP contribution in [0.25, 0.3) is 0 Å². The number of aromatic nitrogens is 3. The number of nitrogens with two attached hydrogens (primary N) is 1. The van der Waals surface area contributed by atoms with Crippen LogP contribution in [-0.4, -0.2) is 80.1 Å². The summed E-state index contributed by atoms with van der Waals surface area (Å²) in [7, 11) is 0. The third kappa shape index (κ3) is 7.71. The maximum Gasteiger partial charge on any atom is 0.239 e. The number of nitrogen functional groups attached to an aromatic ring is 1. The van der Waals surface area contributed by atoms with Crippen LogP contribution in [0, 0.1) is 0 Å². The molecule has 0 fully saturated rings. The van der Waals surface area contributed by atoms with E-state index in [1.165, 1.54) is 21.3 Å². The zero-order valence-electron chi connectivity index (χ0n) is 18.4. The lowest BCUT2D eigenvalue weighted by Crippen LogP contribution is -2.41. The van der Waals surface area contributed by atoms with Crippen LogP contribution in [0.5, 0.6) is 0 Å². The minimum Gasteiger partial charge on any atom is -0.350 e. The van der Waals surface area contributed by atoms with Crippen molar-refractivity contribution >= 4 is 52.6 Å². The van der Waals surface area contributed by atoms with Crippen LogP contribution in [0.2, 0.25) is 0 Å². The Morgan fingerprint density at radius 2 is 1.59 bits per heavy atom. The van der Waals surface area contributed by atoms with Gasteiger partial charge in [-0.2, -0.15) is 0 Å². The maximum absolute atomic E-state index is 12.6. The molecule has 176 valence electrons. The summed E-state index contributed by atoms with van der Waals surface area (Å²) in [6, 6.07) is 3.87.